The molecule has 11 nitrogen and oxygen atoms in total. The molecule has 0 aliphatic heterocycles. The molecule has 45 heavy (non-hydrogen) atoms. The summed E-state index contributed by atoms with van der Waals surface area (Å²) in [6, 6.07) is 14.7. The molecule has 1 heterocycles. The van der Waals surface area contributed by atoms with E-state index in [-0.39, 0.29) is 51.2 Å². The molecular formula is C31H33ClFN5O6S. The van der Waals surface area contributed by atoms with Crippen LogP contribution in [0.15, 0.2) is 70.4 Å². The molecule has 0 spiro atoms. The van der Waals surface area contributed by atoms with Crippen LogP contribution in [-0.2, 0) is 32.5 Å². The van der Waals surface area contributed by atoms with E-state index in [4.69, 9.17) is 16.3 Å². The molecule has 0 fully saturated rings. The van der Waals surface area contributed by atoms with Crippen LogP contribution in [0.4, 0.5) is 14.9 Å². The average molecular weight is 658 g/mol. The number of sulfonamides is 1. The Morgan fingerprint density at radius 1 is 1.04 bits per heavy atom. The molecule has 0 atom stereocenters. The van der Waals surface area contributed by atoms with E-state index in [1.165, 1.54) is 41.0 Å². The molecule has 0 bridgehead atoms. The molecule has 0 unspecified atom stereocenters. The van der Waals surface area contributed by atoms with E-state index in [0.717, 1.165) is 10.7 Å². The number of nitrogens with zero attached hydrogens (tertiary/aromatic N) is 3. The van der Waals surface area contributed by atoms with Crippen molar-refractivity contribution in [1.82, 2.24) is 19.1 Å². The monoisotopic (exact) mass is 657 g/mol. The van der Waals surface area contributed by atoms with E-state index >= 15 is 4.39 Å². The molecule has 0 saturated heterocycles. The largest absolute Gasteiger partial charge is 0.443 e. The van der Waals surface area contributed by atoms with Gasteiger partial charge in [-0.15, -0.1) is 5.10 Å². The summed E-state index contributed by atoms with van der Waals surface area (Å²) in [6.07, 6.45) is -0.529. The van der Waals surface area contributed by atoms with Crippen LogP contribution in [0.25, 0.3) is 16.8 Å². The number of amides is 2. The molecule has 1 aromatic heterocycles. The Morgan fingerprint density at radius 3 is 2.40 bits per heavy atom. The molecule has 3 aromatic carbocycles. The lowest BCUT2D eigenvalue weighted by atomic mass is 10.0. The molecule has 4 aromatic rings. The van der Waals surface area contributed by atoms with Gasteiger partial charge in [0.05, 0.1) is 22.2 Å². The third kappa shape index (κ3) is 7.78. The number of halogens is 2. The fourth-order valence-electron chi connectivity index (χ4n) is 4.43. The van der Waals surface area contributed by atoms with Crippen molar-refractivity contribution in [2.24, 2.45) is 0 Å². The smallest absolute Gasteiger partial charge is 0.421 e. The fourth-order valence-corrected chi connectivity index (χ4v) is 5.73. The fraction of sp³-hybridized carbons (Fsp3) is 0.290. The number of nitrogens with one attached hydrogen (secondary N) is 2. The average Bonchev–Trinajstić information content (AvgIpc) is 3.28. The van der Waals surface area contributed by atoms with E-state index < -0.39 is 33.2 Å². The van der Waals surface area contributed by atoms with E-state index in [0.29, 0.717) is 17.9 Å². The summed E-state index contributed by atoms with van der Waals surface area (Å²) in [5, 5.41) is 7.36. The van der Waals surface area contributed by atoms with Crippen molar-refractivity contribution < 1.29 is 27.1 Å². The number of carbonyl (C=O) groups excluding carboxylic acids is 2. The second-order valence-electron chi connectivity index (χ2n) is 11.0. The summed E-state index contributed by atoms with van der Waals surface area (Å²) in [5.74, 6) is -0.537. The highest BCUT2D eigenvalue weighted by atomic mass is 35.5. The van der Waals surface area contributed by atoms with Crippen molar-refractivity contribution in [3.8, 4) is 16.8 Å². The summed E-state index contributed by atoms with van der Waals surface area (Å²) >= 11 is 6.39. The van der Waals surface area contributed by atoms with Gasteiger partial charge in [0.25, 0.3) is 10.0 Å². The van der Waals surface area contributed by atoms with Crippen molar-refractivity contribution in [3.05, 3.63) is 93.4 Å². The van der Waals surface area contributed by atoms with Crippen LogP contribution >= 0.6 is 11.6 Å². The number of ether oxygens (including phenoxy) is 1. The molecule has 0 aliphatic rings. The highest BCUT2D eigenvalue weighted by Gasteiger charge is 2.26. The number of benzene rings is 3. The van der Waals surface area contributed by atoms with E-state index in [9.17, 15) is 22.8 Å². The Balaban J connectivity index is 1.66. The Kier molecular flexibility index (Phi) is 9.83. The number of anilines is 1. The maximum atomic E-state index is 15.6. The van der Waals surface area contributed by atoms with Crippen LogP contribution < -0.4 is 15.7 Å². The van der Waals surface area contributed by atoms with Crippen LogP contribution in [0, 0.1) is 5.82 Å². The van der Waals surface area contributed by atoms with Crippen molar-refractivity contribution >= 4 is 39.3 Å². The zero-order valence-electron chi connectivity index (χ0n) is 25.4. The van der Waals surface area contributed by atoms with Gasteiger partial charge < -0.3 is 10.1 Å². The summed E-state index contributed by atoms with van der Waals surface area (Å²) in [7, 11) is -4.37. The Bertz CT molecular complexity index is 1930. The minimum absolute atomic E-state index is 0.150. The van der Waals surface area contributed by atoms with Gasteiger partial charge in [0.2, 0.25) is 5.91 Å². The van der Waals surface area contributed by atoms with Crippen LogP contribution in [0.2, 0.25) is 5.02 Å². The van der Waals surface area contributed by atoms with Crippen molar-refractivity contribution in [2.45, 2.75) is 64.5 Å². The Hall–Kier alpha value is -4.49. The van der Waals surface area contributed by atoms with Crippen molar-refractivity contribution in [3.63, 3.8) is 0 Å². The highest BCUT2D eigenvalue weighted by molar-refractivity contribution is 7.90. The molecule has 0 saturated carbocycles. The van der Waals surface area contributed by atoms with Crippen LogP contribution in [0.1, 0.15) is 52.4 Å². The second kappa shape index (κ2) is 13.2. The lowest BCUT2D eigenvalue weighted by Gasteiger charge is -2.20. The van der Waals surface area contributed by atoms with Gasteiger partial charge in [-0.3, -0.25) is 9.36 Å². The predicted molar refractivity (Wildman–Crippen MR) is 169 cm³/mol. The van der Waals surface area contributed by atoms with E-state index in [2.05, 4.69) is 10.4 Å². The molecule has 2 N–H and O–H groups in total. The second-order valence-corrected chi connectivity index (χ2v) is 13.1. The molecule has 14 heteroatoms. The van der Waals surface area contributed by atoms with Gasteiger partial charge in [0, 0.05) is 29.7 Å². The summed E-state index contributed by atoms with van der Waals surface area (Å²) < 4.78 is 51.1. The molecule has 0 aliphatic carbocycles. The predicted octanol–water partition coefficient (Wildman–Crippen LogP) is 5.67. The third-order valence-electron chi connectivity index (χ3n) is 6.52. The lowest BCUT2D eigenvalue weighted by Crippen LogP contribution is -2.36. The van der Waals surface area contributed by atoms with Gasteiger partial charge in [0.15, 0.2) is 0 Å². The van der Waals surface area contributed by atoms with E-state index in [1.54, 1.807) is 52.8 Å². The summed E-state index contributed by atoms with van der Waals surface area (Å²) in [6.45, 7) is 8.14. The number of aryl methyl sites for hydroxylation is 1. The van der Waals surface area contributed by atoms with Crippen molar-refractivity contribution in [1.29, 1.82) is 0 Å². The molecule has 0 radical (unpaired) electrons. The molecule has 238 valence electrons. The summed E-state index contributed by atoms with van der Waals surface area (Å²) in [5.41, 5.74) is -0.265. The zero-order valence-corrected chi connectivity index (χ0v) is 26.9. The Labute approximate surface area is 265 Å². The molecular weight excluding hydrogens is 625 g/mol. The third-order valence-corrected chi connectivity index (χ3v) is 8.21. The quantitative estimate of drug-likeness (QED) is 0.236. The topological polar surface area (TPSA) is 141 Å². The maximum absolute atomic E-state index is 15.6. The van der Waals surface area contributed by atoms with Gasteiger partial charge in [-0.25, -0.2) is 27.1 Å². The lowest BCUT2D eigenvalue weighted by molar-refractivity contribution is -0.115. The van der Waals surface area contributed by atoms with Crippen molar-refractivity contribution in [2.75, 3.05) is 5.32 Å². The molecule has 4 rings (SSSR count). The van der Waals surface area contributed by atoms with E-state index in [1.807, 2.05) is 4.72 Å². The van der Waals surface area contributed by atoms with Gasteiger partial charge in [0.1, 0.15) is 17.2 Å². The number of carbonyl (C=O) groups is 2. The Morgan fingerprint density at radius 2 is 1.76 bits per heavy atom. The first kappa shape index (κ1) is 33.4. The van der Waals surface area contributed by atoms with Gasteiger partial charge in [-0.1, -0.05) is 55.8 Å². The minimum atomic E-state index is -4.37. The van der Waals surface area contributed by atoms with Crippen LogP contribution in [0.5, 0.6) is 0 Å². The number of aromatic nitrogens is 3. The highest BCUT2D eigenvalue weighted by Crippen LogP contribution is 2.29. The standard InChI is InChI=1S/C31H33ClFN5O6S/c1-6-27-35-38(25-17-21(14-15-23(25)32)34-28(39)7-2)30(41)37(27)18-20-13-12-19(16-24(20)33)22-10-8-9-11-26(22)45(42,43)36-29(40)44-31(3,4)5/h8-17H,6-7,18H2,1-5H3,(H,34,39)(H,36,40). The summed E-state index contributed by atoms with van der Waals surface area (Å²) in [4.78, 5) is 37.3. The minimum Gasteiger partial charge on any atom is -0.443 e. The first-order valence-electron chi connectivity index (χ1n) is 14.1. The zero-order chi connectivity index (χ0) is 33.1. The SMILES string of the molecule is CCC(=O)Nc1ccc(Cl)c(-n2nc(CC)n(Cc3ccc(-c4ccccc4S(=O)(=O)NC(=O)OC(C)(C)C)cc3F)c2=O)c1. The van der Waals surface area contributed by atoms with Crippen LogP contribution in [0.3, 0.4) is 0 Å². The number of rotatable bonds is 9. The molecule has 2 amide bonds. The number of hydrogen-bond acceptors (Lipinski definition) is 7. The van der Waals surface area contributed by atoms with Gasteiger partial charge in [-0.05, 0) is 56.7 Å². The maximum Gasteiger partial charge on any atom is 0.421 e. The number of hydrogen-bond donors (Lipinski definition) is 2. The van der Waals surface area contributed by atoms with Crippen LogP contribution in [-0.4, -0.2) is 40.4 Å². The first-order chi connectivity index (χ1) is 21.1. The normalized spacial score (nSPS) is 11.7. The van der Waals surface area contributed by atoms with Gasteiger partial charge >= 0.3 is 11.8 Å². The first-order valence-corrected chi connectivity index (χ1v) is 15.9. The van der Waals surface area contributed by atoms with Gasteiger partial charge in [-0.2, -0.15) is 4.68 Å².